The van der Waals surface area contributed by atoms with Crippen molar-refractivity contribution in [3.05, 3.63) is 27.1 Å². The number of nitrogen functional groups attached to an aromatic ring is 1. The van der Waals surface area contributed by atoms with Crippen LogP contribution in [0.3, 0.4) is 0 Å². The van der Waals surface area contributed by atoms with Gasteiger partial charge in [-0.25, -0.2) is 10.1 Å². The SMILES string of the molecule is Nc1nonc1C(=O)N/N=C\c1cc2c(s1)CCCCC2. The van der Waals surface area contributed by atoms with Crippen LogP contribution in [0, 0.1) is 0 Å². The van der Waals surface area contributed by atoms with Gasteiger partial charge in [0.05, 0.1) is 6.21 Å². The van der Waals surface area contributed by atoms with Gasteiger partial charge in [-0.2, -0.15) is 5.10 Å². The second-order valence-electron chi connectivity index (χ2n) is 4.86. The summed E-state index contributed by atoms with van der Waals surface area (Å²) < 4.78 is 4.36. The monoisotopic (exact) mass is 305 g/mol. The van der Waals surface area contributed by atoms with Crippen molar-refractivity contribution < 1.29 is 9.42 Å². The van der Waals surface area contributed by atoms with Gasteiger partial charge in [0, 0.05) is 9.75 Å². The summed E-state index contributed by atoms with van der Waals surface area (Å²) in [5, 5.41) is 10.7. The number of nitrogens with zero attached hydrogens (tertiary/aromatic N) is 3. The first-order valence-corrected chi connectivity index (χ1v) is 7.58. The zero-order chi connectivity index (χ0) is 14.7. The second kappa shape index (κ2) is 6.04. The minimum Gasteiger partial charge on any atom is -0.379 e. The lowest BCUT2D eigenvalue weighted by molar-refractivity contribution is 0.0946. The zero-order valence-electron chi connectivity index (χ0n) is 11.3. The summed E-state index contributed by atoms with van der Waals surface area (Å²) in [6.45, 7) is 0. The number of hydrogen-bond donors (Lipinski definition) is 2. The van der Waals surface area contributed by atoms with Gasteiger partial charge < -0.3 is 5.73 Å². The van der Waals surface area contributed by atoms with Gasteiger partial charge in [-0.1, -0.05) is 6.42 Å². The topological polar surface area (TPSA) is 106 Å². The van der Waals surface area contributed by atoms with Crippen LogP contribution in [-0.4, -0.2) is 22.4 Å². The van der Waals surface area contributed by atoms with Gasteiger partial charge in [0.25, 0.3) is 5.91 Å². The summed E-state index contributed by atoms with van der Waals surface area (Å²) in [5.41, 5.74) is 9.14. The quantitative estimate of drug-likeness (QED) is 0.510. The molecule has 3 rings (SSSR count). The fourth-order valence-corrected chi connectivity index (χ4v) is 3.44. The number of hydrogen-bond acceptors (Lipinski definition) is 7. The van der Waals surface area contributed by atoms with Crippen molar-refractivity contribution in [1.29, 1.82) is 0 Å². The van der Waals surface area contributed by atoms with Crippen LogP contribution in [0.5, 0.6) is 0 Å². The van der Waals surface area contributed by atoms with Gasteiger partial charge in [0.1, 0.15) is 0 Å². The summed E-state index contributed by atoms with van der Waals surface area (Å²) in [7, 11) is 0. The van der Waals surface area contributed by atoms with E-state index >= 15 is 0 Å². The smallest absolute Gasteiger partial charge is 0.297 e. The van der Waals surface area contributed by atoms with Gasteiger partial charge in [-0.15, -0.1) is 11.3 Å². The van der Waals surface area contributed by atoms with Crippen LogP contribution in [0.2, 0.25) is 0 Å². The number of carbonyl (C=O) groups is 1. The summed E-state index contributed by atoms with van der Waals surface area (Å²) in [6.07, 6.45) is 7.71. The molecule has 0 radical (unpaired) electrons. The molecule has 7 nitrogen and oxygen atoms in total. The minimum absolute atomic E-state index is 0.0504. The van der Waals surface area contributed by atoms with E-state index in [4.69, 9.17) is 5.73 Å². The maximum absolute atomic E-state index is 11.7. The van der Waals surface area contributed by atoms with Crippen molar-refractivity contribution in [2.75, 3.05) is 5.73 Å². The Balaban J connectivity index is 1.64. The molecule has 1 amide bonds. The van der Waals surface area contributed by atoms with Crippen LogP contribution in [0.1, 0.15) is 45.1 Å². The van der Waals surface area contributed by atoms with Gasteiger partial charge in [0.15, 0.2) is 0 Å². The number of hydrazone groups is 1. The zero-order valence-corrected chi connectivity index (χ0v) is 12.2. The van der Waals surface area contributed by atoms with Gasteiger partial charge >= 0.3 is 0 Å². The number of nitrogens with one attached hydrogen (secondary N) is 1. The molecule has 110 valence electrons. The lowest BCUT2D eigenvalue weighted by atomic mass is 10.1. The number of aromatic nitrogens is 2. The van der Waals surface area contributed by atoms with Crippen LogP contribution in [-0.2, 0) is 12.8 Å². The highest BCUT2D eigenvalue weighted by molar-refractivity contribution is 7.13. The number of carbonyl (C=O) groups excluding carboxylic acids is 1. The van der Waals surface area contributed by atoms with Crippen molar-refractivity contribution in [1.82, 2.24) is 15.7 Å². The largest absolute Gasteiger partial charge is 0.379 e. The van der Waals surface area contributed by atoms with E-state index in [1.807, 2.05) is 0 Å². The standard InChI is InChI=1S/C13H15N5O2S/c14-12-11(17-20-18-12)13(19)16-15-7-9-6-8-4-2-1-3-5-10(8)21-9/h6-7H,1-5H2,(H2,14,18)(H,16,19)/b15-7-. The lowest BCUT2D eigenvalue weighted by Gasteiger charge is -1.94. The van der Waals surface area contributed by atoms with E-state index in [9.17, 15) is 4.79 Å². The van der Waals surface area contributed by atoms with E-state index in [2.05, 4.69) is 31.5 Å². The average molecular weight is 305 g/mol. The van der Waals surface area contributed by atoms with E-state index in [0.717, 1.165) is 17.7 Å². The number of anilines is 1. The Kier molecular flexibility index (Phi) is 3.96. The Bertz CT molecular complexity index is 652. The van der Waals surface area contributed by atoms with Crippen molar-refractivity contribution in [2.24, 2.45) is 5.10 Å². The lowest BCUT2D eigenvalue weighted by Crippen LogP contribution is -2.19. The normalized spacial score (nSPS) is 14.9. The molecule has 0 saturated carbocycles. The highest BCUT2D eigenvalue weighted by Crippen LogP contribution is 2.27. The van der Waals surface area contributed by atoms with Crippen LogP contribution in [0.25, 0.3) is 0 Å². The number of aryl methyl sites for hydroxylation is 2. The molecule has 8 heteroatoms. The first-order chi connectivity index (χ1) is 10.2. The van der Waals surface area contributed by atoms with E-state index in [0.29, 0.717) is 0 Å². The van der Waals surface area contributed by atoms with E-state index in [1.165, 1.54) is 29.7 Å². The molecule has 2 heterocycles. The third-order valence-corrected chi connectivity index (χ3v) is 4.52. The average Bonchev–Trinajstić information content (AvgIpc) is 3.00. The maximum Gasteiger partial charge on any atom is 0.297 e. The second-order valence-corrected chi connectivity index (χ2v) is 6.02. The molecule has 1 aliphatic carbocycles. The molecule has 1 aliphatic rings. The number of fused-ring (bicyclic) bond motifs is 1. The highest BCUT2D eigenvalue weighted by Gasteiger charge is 2.15. The summed E-state index contributed by atoms with van der Waals surface area (Å²) in [5.74, 6) is -0.589. The maximum atomic E-state index is 11.7. The van der Waals surface area contributed by atoms with Gasteiger partial charge in [-0.3, -0.25) is 4.79 Å². The number of thiophene rings is 1. The Morgan fingerprint density at radius 1 is 1.38 bits per heavy atom. The highest BCUT2D eigenvalue weighted by atomic mass is 32.1. The predicted octanol–water partition coefficient (Wildman–Crippen LogP) is 1.75. The Hall–Kier alpha value is -2.22. The molecule has 21 heavy (non-hydrogen) atoms. The van der Waals surface area contributed by atoms with Crippen LogP contribution in [0.4, 0.5) is 5.82 Å². The van der Waals surface area contributed by atoms with Crippen LogP contribution < -0.4 is 11.2 Å². The van der Waals surface area contributed by atoms with Crippen molar-refractivity contribution in [3.63, 3.8) is 0 Å². The molecule has 2 aromatic rings. The van der Waals surface area contributed by atoms with Crippen LogP contribution >= 0.6 is 11.3 Å². The molecular formula is C13H15N5O2S. The summed E-state index contributed by atoms with van der Waals surface area (Å²) >= 11 is 1.73. The van der Waals surface area contributed by atoms with Gasteiger partial charge in [0.2, 0.25) is 11.5 Å². The molecule has 0 fully saturated rings. The molecule has 2 aromatic heterocycles. The Morgan fingerprint density at radius 2 is 2.24 bits per heavy atom. The van der Waals surface area contributed by atoms with E-state index in [1.54, 1.807) is 17.6 Å². The van der Waals surface area contributed by atoms with Crippen molar-refractivity contribution in [2.45, 2.75) is 32.1 Å². The third-order valence-electron chi connectivity index (χ3n) is 3.35. The van der Waals surface area contributed by atoms with E-state index < -0.39 is 5.91 Å². The Labute approximate surface area is 125 Å². The Morgan fingerprint density at radius 3 is 3.05 bits per heavy atom. The molecule has 0 atom stereocenters. The molecule has 0 aliphatic heterocycles. The molecule has 0 unspecified atom stereocenters. The molecule has 0 bridgehead atoms. The van der Waals surface area contributed by atoms with E-state index in [-0.39, 0.29) is 11.5 Å². The van der Waals surface area contributed by atoms with Crippen molar-refractivity contribution >= 4 is 29.3 Å². The molecule has 3 N–H and O–H groups in total. The summed E-state index contributed by atoms with van der Waals surface area (Å²) in [4.78, 5) is 14.2. The predicted molar refractivity (Wildman–Crippen MR) is 79.3 cm³/mol. The molecule has 0 saturated heterocycles. The third kappa shape index (κ3) is 3.10. The molecular weight excluding hydrogens is 290 g/mol. The van der Waals surface area contributed by atoms with Gasteiger partial charge in [-0.05, 0) is 47.6 Å². The molecule has 0 aromatic carbocycles. The molecule has 0 spiro atoms. The minimum atomic E-state index is -0.539. The number of rotatable bonds is 3. The fraction of sp³-hybridized carbons (Fsp3) is 0.385. The van der Waals surface area contributed by atoms with Crippen molar-refractivity contribution in [3.8, 4) is 0 Å². The number of nitrogens with two attached hydrogens (primary N) is 1. The first-order valence-electron chi connectivity index (χ1n) is 6.77. The van der Waals surface area contributed by atoms with Crippen LogP contribution in [0.15, 0.2) is 15.8 Å². The summed E-state index contributed by atoms with van der Waals surface area (Å²) in [6, 6.07) is 2.15. The number of amides is 1. The first kappa shape index (κ1) is 13.7. The fourth-order valence-electron chi connectivity index (χ4n) is 2.31.